The van der Waals surface area contributed by atoms with Crippen LogP contribution < -0.4 is 5.32 Å². The summed E-state index contributed by atoms with van der Waals surface area (Å²) in [5.41, 5.74) is -0.566. The zero-order valence-corrected chi connectivity index (χ0v) is 16.4. The standard InChI is InChI=1S/C19H18F4N6O/c1-10-16(20)11(4-7-24-10)12-8-15(29(3)26-12)18(5-6-18)25-17(30)13-9-14(19(21,22)23)27-28(13)2/h4,7-9H,5-6H2,1-3H3,(H,25,30). The van der Waals surface area contributed by atoms with Crippen LogP contribution in [0, 0.1) is 12.7 Å². The van der Waals surface area contributed by atoms with Gasteiger partial charge in [0.05, 0.1) is 22.6 Å². The Morgan fingerprint density at radius 3 is 2.47 bits per heavy atom. The minimum absolute atomic E-state index is 0.202. The van der Waals surface area contributed by atoms with E-state index in [9.17, 15) is 22.4 Å². The van der Waals surface area contributed by atoms with E-state index in [-0.39, 0.29) is 17.0 Å². The second kappa shape index (κ2) is 6.64. The number of nitrogens with one attached hydrogen (secondary N) is 1. The summed E-state index contributed by atoms with van der Waals surface area (Å²) in [6.45, 7) is 1.55. The van der Waals surface area contributed by atoms with Crippen molar-refractivity contribution in [3.05, 3.63) is 53.0 Å². The summed E-state index contributed by atoms with van der Waals surface area (Å²) in [6, 6.07) is 3.91. The predicted octanol–water partition coefficient (Wildman–Crippen LogP) is 3.10. The monoisotopic (exact) mass is 422 g/mol. The number of aryl methyl sites for hydroxylation is 3. The van der Waals surface area contributed by atoms with Gasteiger partial charge in [-0.2, -0.15) is 23.4 Å². The van der Waals surface area contributed by atoms with Crippen LogP contribution in [-0.2, 0) is 25.8 Å². The first kappa shape index (κ1) is 20.0. The fraction of sp³-hybridized carbons (Fsp3) is 0.368. The number of hydrogen-bond donors (Lipinski definition) is 1. The van der Waals surface area contributed by atoms with Gasteiger partial charge in [0.15, 0.2) is 11.5 Å². The molecule has 1 saturated carbocycles. The summed E-state index contributed by atoms with van der Waals surface area (Å²) in [7, 11) is 2.95. The molecule has 0 spiro atoms. The van der Waals surface area contributed by atoms with Gasteiger partial charge in [0, 0.05) is 31.9 Å². The third-order valence-electron chi connectivity index (χ3n) is 5.22. The van der Waals surface area contributed by atoms with Gasteiger partial charge in [0.25, 0.3) is 5.91 Å². The largest absolute Gasteiger partial charge is 0.435 e. The molecule has 30 heavy (non-hydrogen) atoms. The predicted molar refractivity (Wildman–Crippen MR) is 97.7 cm³/mol. The zero-order valence-electron chi connectivity index (χ0n) is 16.4. The first-order valence-corrected chi connectivity index (χ1v) is 9.11. The van der Waals surface area contributed by atoms with E-state index in [0.29, 0.717) is 24.2 Å². The Morgan fingerprint density at radius 2 is 1.87 bits per heavy atom. The Labute approximate surface area is 168 Å². The number of carbonyl (C=O) groups excluding carboxylic acids is 1. The second-order valence-electron chi connectivity index (χ2n) is 7.37. The molecule has 0 saturated heterocycles. The van der Waals surface area contributed by atoms with Crippen molar-refractivity contribution in [2.45, 2.75) is 31.5 Å². The lowest BCUT2D eigenvalue weighted by Gasteiger charge is -2.17. The third kappa shape index (κ3) is 3.33. The quantitative estimate of drug-likeness (QED) is 0.656. The van der Waals surface area contributed by atoms with Crippen LogP contribution >= 0.6 is 0 Å². The Hall–Kier alpha value is -3.24. The molecule has 1 fully saturated rings. The first-order chi connectivity index (χ1) is 14.0. The molecule has 3 aromatic rings. The van der Waals surface area contributed by atoms with Gasteiger partial charge in [-0.15, -0.1) is 0 Å². The first-order valence-electron chi connectivity index (χ1n) is 9.11. The van der Waals surface area contributed by atoms with Gasteiger partial charge in [-0.1, -0.05) is 0 Å². The van der Waals surface area contributed by atoms with Crippen molar-refractivity contribution < 1.29 is 22.4 Å². The minimum Gasteiger partial charge on any atom is -0.340 e. The number of alkyl halides is 3. The van der Waals surface area contributed by atoms with Crippen molar-refractivity contribution in [2.24, 2.45) is 14.1 Å². The lowest BCUT2D eigenvalue weighted by atomic mass is 10.1. The minimum atomic E-state index is -4.64. The van der Waals surface area contributed by atoms with E-state index in [2.05, 4.69) is 20.5 Å². The van der Waals surface area contributed by atoms with Crippen LogP contribution in [0.15, 0.2) is 24.4 Å². The van der Waals surface area contributed by atoms with Gasteiger partial charge in [-0.05, 0) is 31.9 Å². The van der Waals surface area contributed by atoms with Crippen molar-refractivity contribution in [1.29, 1.82) is 0 Å². The van der Waals surface area contributed by atoms with Gasteiger partial charge in [-0.3, -0.25) is 19.1 Å². The van der Waals surface area contributed by atoms with Crippen molar-refractivity contribution >= 4 is 5.91 Å². The summed E-state index contributed by atoms with van der Waals surface area (Å²) in [4.78, 5) is 16.6. The second-order valence-corrected chi connectivity index (χ2v) is 7.37. The molecule has 0 bridgehead atoms. The van der Waals surface area contributed by atoms with Crippen LogP contribution in [0.2, 0.25) is 0 Å². The molecule has 1 N–H and O–H groups in total. The molecule has 3 aromatic heterocycles. The number of nitrogens with zero attached hydrogens (tertiary/aromatic N) is 5. The van der Waals surface area contributed by atoms with E-state index in [4.69, 9.17) is 0 Å². The molecule has 0 aliphatic heterocycles. The topological polar surface area (TPSA) is 77.6 Å². The molecule has 0 atom stereocenters. The summed E-state index contributed by atoms with van der Waals surface area (Å²) < 4.78 is 55.5. The average molecular weight is 422 g/mol. The highest BCUT2D eigenvalue weighted by Crippen LogP contribution is 2.46. The number of hydrogen-bond acceptors (Lipinski definition) is 4. The molecule has 3 heterocycles. The number of amides is 1. The van der Waals surface area contributed by atoms with Crippen LogP contribution in [0.5, 0.6) is 0 Å². The molecule has 0 aromatic carbocycles. The van der Waals surface area contributed by atoms with E-state index in [0.717, 1.165) is 10.7 Å². The van der Waals surface area contributed by atoms with Crippen molar-refractivity contribution in [3.63, 3.8) is 0 Å². The zero-order chi connectivity index (χ0) is 21.8. The normalized spacial score (nSPS) is 15.3. The highest BCUT2D eigenvalue weighted by molar-refractivity contribution is 5.93. The summed E-state index contributed by atoms with van der Waals surface area (Å²) >= 11 is 0. The fourth-order valence-corrected chi connectivity index (χ4v) is 3.46. The summed E-state index contributed by atoms with van der Waals surface area (Å²) in [6.07, 6.45) is -1.99. The third-order valence-corrected chi connectivity index (χ3v) is 5.22. The highest BCUT2D eigenvalue weighted by atomic mass is 19.4. The summed E-state index contributed by atoms with van der Waals surface area (Å²) in [5.74, 6) is -1.16. The van der Waals surface area contributed by atoms with Crippen molar-refractivity contribution in [1.82, 2.24) is 29.9 Å². The SMILES string of the molecule is Cc1nccc(-c2cc(C3(NC(=O)c4cc(C(F)(F)F)nn4C)CC3)n(C)n2)c1F. The van der Waals surface area contributed by atoms with Crippen LogP contribution in [0.1, 0.15) is 40.4 Å². The van der Waals surface area contributed by atoms with E-state index in [1.165, 1.54) is 19.3 Å². The molecular weight excluding hydrogens is 404 g/mol. The number of halogens is 4. The maximum atomic E-state index is 14.4. The van der Waals surface area contributed by atoms with E-state index in [1.54, 1.807) is 24.7 Å². The van der Waals surface area contributed by atoms with E-state index < -0.39 is 29.1 Å². The molecule has 1 aliphatic carbocycles. The maximum Gasteiger partial charge on any atom is 0.435 e. The fourth-order valence-electron chi connectivity index (χ4n) is 3.46. The Balaban J connectivity index is 1.63. The number of aromatic nitrogens is 5. The maximum absolute atomic E-state index is 14.4. The van der Waals surface area contributed by atoms with E-state index in [1.807, 2.05) is 0 Å². The van der Waals surface area contributed by atoms with Gasteiger partial charge in [-0.25, -0.2) is 4.39 Å². The van der Waals surface area contributed by atoms with Gasteiger partial charge in [0.2, 0.25) is 0 Å². The molecule has 1 amide bonds. The van der Waals surface area contributed by atoms with Crippen molar-refractivity contribution in [3.8, 4) is 11.3 Å². The van der Waals surface area contributed by atoms with Crippen LogP contribution in [0.3, 0.4) is 0 Å². The van der Waals surface area contributed by atoms with Gasteiger partial charge < -0.3 is 5.32 Å². The average Bonchev–Trinajstić information content (AvgIpc) is 3.13. The summed E-state index contributed by atoms with van der Waals surface area (Å²) in [5, 5.41) is 10.5. The van der Waals surface area contributed by atoms with E-state index >= 15 is 0 Å². The van der Waals surface area contributed by atoms with Crippen LogP contribution in [0.4, 0.5) is 17.6 Å². The Kier molecular flexibility index (Phi) is 4.44. The smallest absolute Gasteiger partial charge is 0.340 e. The highest BCUT2D eigenvalue weighted by Gasteiger charge is 2.49. The number of pyridine rings is 1. The van der Waals surface area contributed by atoms with Gasteiger partial charge >= 0.3 is 6.18 Å². The number of carbonyl (C=O) groups is 1. The Bertz CT molecular complexity index is 1140. The molecule has 11 heteroatoms. The Morgan fingerprint density at radius 1 is 1.17 bits per heavy atom. The molecule has 7 nitrogen and oxygen atoms in total. The molecular formula is C19H18F4N6O. The molecule has 158 valence electrons. The molecule has 0 radical (unpaired) electrons. The molecule has 1 aliphatic rings. The van der Waals surface area contributed by atoms with Crippen LogP contribution in [0.25, 0.3) is 11.3 Å². The van der Waals surface area contributed by atoms with Gasteiger partial charge in [0.1, 0.15) is 5.69 Å². The van der Waals surface area contributed by atoms with Crippen LogP contribution in [-0.4, -0.2) is 30.5 Å². The lowest BCUT2D eigenvalue weighted by molar-refractivity contribution is -0.141. The molecule has 0 unspecified atom stereocenters. The lowest BCUT2D eigenvalue weighted by Crippen LogP contribution is -2.37. The number of rotatable bonds is 4. The van der Waals surface area contributed by atoms with Crippen molar-refractivity contribution in [2.75, 3.05) is 0 Å². The molecule has 4 rings (SSSR count).